The molecule has 198 valence electrons. The van der Waals surface area contributed by atoms with E-state index in [0.29, 0.717) is 12.3 Å². The molecule has 1 unspecified atom stereocenters. The Bertz CT molecular complexity index is 408. The minimum atomic E-state index is 0.178. The molecule has 0 saturated carbocycles. The predicted octanol–water partition coefficient (Wildman–Crippen LogP) is 4.08. The van der Waals surface area contributed by atoms with Crippen LogP contribution < -0.4 is 16.1 Å². The van der Waals surface area contributed by atoms with Gasteiger partial charge in [-0.15, -0.1) is 0 Å². The van der Waals surface area contributed by atoms with Gasteiger partial charge in [0.05, 0.1) is 13.2 Å². The number of nitrogens with zero attached hydrogens (tertiary/aromatic N) is 1. The van der Waals surface area contributed by atoms with Gasteiger partial charge in [-0.1, -0.05) is 0 Å². The molecule has 7 nitrogen and oxygen atoms in total. The van der Waals surface area contributed by atoms with Gasteiger partial charge in [0.15, 0.2) is 0 Å². The van der Waals surface area contributed by atoms with E-state index in [0.717, 1.165) is 65.4 Å². The van der Waals surface area contributed by atoms with Crippen LogP contribution >= 0.6 is 0 Å². The fourth-order valence-corrected chi connectivity index (χ4v) is 3.94. The third kappa shape index (κ3) is 18.7. The molecule has 0 aliphatic carbocycles. The molecule has 0 aromatic rings. The number of morpholine rings is 1. The molecule has 0 bridgehead atoms. The molecule has 33 heavy (non-hydrogen) atoms. The summed E-state index contributed by atoms with van der Waals surface area (Å²) in [6.07, 6.45) is 6.31. The Morgan fingerprint density at radius 3 is 1.61 bits per heavy atom. The molecule has 0 spiro atoms. The maximum absolute atomic E-state index is 5.54. The number of hydrogen-bond donors (Lipinski definition) is 3. The smallest absolute Gasteiger partial charge is 0.108 e. The van der Waals surface area contributed by atoms with Crippen LogP contribution in [0, 0.1) is 0 Å². The maximum Gasteiger partial charge on any atom is 0.108 e. The molecule has 3 N–H and O–H groups in total. The van der Waals surface area contributed by atoms with E-state index in [9.17, 15) is 0 Å². The van der Waals surface area contributed by atoms with E-state index in [4.69, 9.17) is 14.2 Å². The Balaban J connectivity index is 0.000000247. The van der Waals surface area contributed by atoms with Crippen molar-refractivity contribution in [3.63, 3.8) is 0 Å². The zero-order chi connectivity index (χ0) is 25.0. The molecule has 3 aliphatic rings. The molecular weight excluding hydrogens is 416 g/mol. The summed E-state index contributed by atoms with van der Waals surface area (Å²) in [4.78, 5) is 0. The molecule has 0 radical (unpaired) electrons. The Morgan fingerprint density at radius 1 is 0.606 bits per heavy atom. The van der Waals surface area contributed by atoms with Gasteiger partial charge in [0.1, 0.15) is 6.23 Å². The van der Waals surface area contributed by atoms with Crippen molar-refractivity contribution in [1.29, 1.82) is 0 Å². The van der Waals surface area contributed by atoms with Gasteiger partial charge >= 0.3 is 0 Å². The quantitative estimate of drug-likeness (QED) is 0.572. The second kappa shape index (κ2) is 15.0. The topological polar surface area (TPSA) is 67.0 Å². The highest BCUT2D eigenvalue weighted by Gasteiger charge is 2.20. The second-order valence-corrected chi connectivity index (χ2v) is 12.5. The van der Waals surface area contributed by atoms with Gasteiger partial charge in [-0.2, -0.15) is 0 Å². The largest absolute Gasteiger partial charge is 0.381 e. The predicted molar refractivity (Wildman–Crippen MR) is 138 cm³/mol. The van der Waals surface area contributed by atoms with Crippen molar-refractivity contribution in [2.45, 2.75) is 123 Å². The van der Waals surface area contributed by atoms with Crippen LogP contribution in [0.15, 0.2) is 0 Å². The normalized spacial score (nSPS) is 23.7. The fraction of sp³-hybridized carbons (Fsp3) is 1.00. The molecule has 7 heteroatoms. The van der Waals surface area contributed by atoms with Gasteiger partial charge in [0.25, 0.3) is 0 Å². The van der Waals surface area contributed by atoms with Crippen molar-refractivity contribution in [2.75, 3.05) is 46.1 Å². The first-order valence-electron chi connectivity index (χ1n) is 13.1. The molecule has 3 fully saturated rings. The number of hydrazine groups is 1. The van der Waals surface area contributed by atoms with Crippen molar-refractivity contribution in [3.8, 4) is 0 Å². The van der Waals surface area contributed by atoms with Crippen LogP contribution in [-0.4, -0.2) is 80.0 Å². The Morgan fingerprint density at radius 2 is 1.15 bits per heavy atom. The molecule has 1 atom stereocenters. The molecule has 0 amide bonds. The van der Waals surface area contributed by atoms with E-state index in [1.165, 1.54) is 12.8 Å². The van der Waals surface area contributed by atoms with Crippen molar-refractivity contribution in [2.24, 2.45) is 0 Å². The van der Waals surface area contributed by atoms with Gasteiger partial charge in [0, 0.05) is 55.6 Å². The van der Waals surface area contributed by atoms with Gasteiger partial charge < -0.3 is 19.5 Å². The summed E-state index contributed by atoms with van der Waals surface area (Å²) < 4.78 is 16.0. The minimum Gasteiger partial charge on any atom is -0.381 e. The van der Waals surface area contributed by atoms with E-state index >= 15 is 0 Å². The summed E-state index contributed by atoms with van der Waals surface area (Å²) in [5.41, 5.74) is 4.02. The van der Waals surface area contributed by atoms with Crippen LogP contribution in [0.4, 0.5) is 0 Å². The SMILES string of the molecule is CC(C)(C)NC1CCCCO1.CC(C)(C)NC1CCOCC1.CC(C)(C)NN1CCOCC1. The molecule has 3 heterocycles. The molecule has 3 aliphatic heterocycles. The number of hydrogen-bond acceptors (Lipinski definition) is 7. The van der Waals surface area contributed by atoms with Crippen LogP contribution in [0.3, 0.4) is 0 Å². The molecule has 3 saturated heterocycles. The summed E-state index contributed by atoms with van der Waals surface area (Å²) in [5.74, 6) is 0. The summed E-state index contributed by atoms with van der Waals surface area (Å²) in [5, 5.41) is 9.24. The van der Waals surface area contributed by atoms with Gasteiger partial charge in [0.2, 0.25) is 0 Å². The standard InChI is InChI=1S/2C9H19NO.C8H18N2O/c1-9(2,3)10-8-4-6-11-7-5-8;1-9(2,3)10-8-6-4-5-7-11-8;1-8(2,3)9-10-4-6-11-7-5-10/h2*8,10H,4-7H2,1-3H3;9H,4-7H2,1-3H3. The maximum atomic E-state index is 5.54. The van der Waals surface area contributed by atoms with Crippen molar-refractivity contribution in [3.05, 3.63) is 0 Å². The lowest BCUT2D eigenvalue weighted by Crippen LogP contribution is -2.53. The third-order valence-electron chi connectivity index (χ3n) is 5.14. The average Bonchev–Trinajstić information content (AvgIpc) is 2.67. The van der Waals surface area contributed by atoms with Crippen LogP contribution in [0.25, 0.3) is 0 Å². The average molecular weight is 473 g/mol. The molecule has 0 aromatic heterocycles. The zero-order valence-corrected chi connectivity index (χ0v) is 23.3. The highest BCUT2D eigenvalue weighted by Crippen LogP contribution is 2.13. The third-order valence-corrected chi connectivity index (χ3v) is 5.14. The summed E-state index contributed by atoms with van der Waals surface area (Å²) in [7, 11) is 0. The van der Waals surface area contributed by atoms with Crippen molar-refractivity contribution in [1.82, 2.24) is 21.1 Å². The first-order chi connectivity index (χ1) is 15.2. The van der Waals surface area contributed by atoms with Crippen LogP contribution in [0.2, 0.25) is 0 Å². The van der Waals surface area contributed by atoms with Gasteiger partial charge in [-0.3, -0.25) is 5.32 Å². The summed E-state index contributed by atoms with van der Waals surface area (Å²) >= 11 is 0. The highest BCUT2D eigenvalue weighted by atomic mass is 16.5. The number of ether oxygens (including phenoxy) is 3. The monoisotopic (exact) mass is 472 g/mol. The molecule has 0 aromatic carbocycles. The molecule has 3 rings (SSSR count). The Kier molecular flexibility index (Phi) is 13.9. The summed E-state index contributed by atoms with van der Waals surface area (Å²) in [6.45, 7) is 26.1. The van der Waals surface area contributed by atoms with Crippen LogP contribution in [0.5, 0.6) is 0 Å². The second-order valence-electron chi connectivity index (χ2n) is 12.5. The first kappa shape index (κ1) is 30.8. The number of nitrogens with one attached hydrogen (secondary N) is 3. The molecular formula is C26H56N4O3. The van der Waals surface area contributed by atoms with E-state index in [1.54, 1.807) is 0 Å². The van der Waals surface area contributed by atoms with Gasteiger partial charge in [-0.05, 0) is 94.4 Å². The lowest BCUT2D eigenvalue weighted by molar-refractivity contribution is -0.0194. The van der Waals surface area contributed by atoms with E-state index in [-0.39, 0.29) is 16.6 Å². The number of rotatable bonds is 3. The van der Waals surface area contributed by atoms with E-state index in [1.807, 2.05) is 0 Å². The van der Waals surface area contributed by atoms with Crippen molar-refractivity contribution >= 4 is 0 Å². The van der Waals surface area contributed by atoms with Crippen LogP contribution in [-0.2, 0) is 14.2 Å². The summed E-state index contributed by atoms with van der Waals surface area (Å²) in [6, 6.07) is 0.670. The van der Waals surface area contributed by atoms with Gasteiger partial charge in [-0.25, -0.2) is 10.4 Å². The highest BCUT2D eigenvalue weighted by molar-refractivity contribution is 4.79. The zero-order valence-electron chi connectivity index (χ0n) is 23.3. The lowest BCUT2D eigenvalue weighted by atomic mass is 10.0. The van der Waals surface area contributed by atoms with Crippen molar-refractivity contribution < 1.29 is 14.2 Å². The van der Waals surface area contributed by atoms with E-state index < -0.39 is 0 Å². The Labute approximate surface area is 205 Å². The lowest BCUT2D eigenvalue weighted by Gasteiger charge is -2.33. The minimum absolute atomic E-state index is 0.178. The van der Waals surface area contributed by atoms with E-state index in [2.05, 4.69) is 83.4 Å². The van der Waals surface area contributed by atoms with Crippen LogP contribution in [0.1, 0.15) is 94.4 Å². The first-order valence-corrected chi connectivity index (χ1v) is 13.1. The fourth-order valence-electron chi connectivity index (χ4n) is 3.94. The Hall–Kier alpha value is -0.280.